The number of hydrogen-bond donors (Lipinski definition) is 0. The first kappa shape index (κ1) is 32.1. The molecule has 0 fully saturated rings. The summed E-state index contributed by atoms with van der Waals surface area (Å²) >= 11 is 0. The van der Waals surface area contributed by atoms with E-state index in [4.69, 9.17) is 14.2 Å². The molecule has 5 nitrogen and oxygen atoms in total. The molecule has 0 saturated carbocycles. The molecule has 2 unspecified atom stereocenters. The lowest BCUT2D eigenvalue weighted by Crippen LogP contribution is -2.41. The lowest BCUT2D eigenvalue weighted by atomic mass is 9.84. The number of rotatable bonds is 22. The maximum atomic E-state index is 13.2. The van der Waals surface area contributed by atoms with E-state index in [1.54, 1.807) is 6.92 Å². The maximum absolute atomic E-state index is 13.2. The first-order chi connectivity index (χ1) is 17.5. The Morgan fingerprint density at radius 1 is 0.778 bits per heavy atom. The quantitative estimate of drug-likeness (QED) is 0.0905. The molecule has 2 atom stereocenters. The van der Waals surface area contributed by atoms with E-state index in [0.29, 0.717) is 26.2 Å². The minimum Gasteiger partial charge on any atom is -0.465 e. The molecule has 0 amide bonds. The third-order valence-corrected chi connectivity index (χ3v) is 6.82. The number of unbranched alkanes of at least 4 members (excludes halogenated alkanes) is 8. The van der Waals surface area contributed by atoms with Crippen LogP contribution in [0.25, 0.3) is 0 Å². The Morgan fingerprint density at radius 3 is 2.11 bits per heavy atom. The van der Waals surface area contributed by atoms with Gasteiger partial charge in [-0.2, -0.15) is 0 Å². The van der Waals surface area contributed by atoms with Crippen LogP contribution >= 0.6 is 0 Å². The fourth-order valence-corrected chi connectivity index (χ4v) is 4.19. The van der Waals surface area contributed by atoms with Crippen molar-refractivity contribution in [2.75, 3.05) is 13.2 Å². The number of carbonyl (C=O) groups is 2. The van der Waals surface area contributed by atoms with Crippen LogP contribution in [0.4, 0.5) is 0 Å². The Hall–Kier alpha value is -1.88. The van der Waals surface area contributed by atoms with E-state index < -0.39 is 17.4 Å². The molecule has 0 bridgehead atoms. The summed E-state index contributed by atoms with van der Waals surface area (Å²) in [6.45, 7) is 9.78. The van der Waals surface area contributed by atoms with Crippen LogP contribution in [-0.2, 0) is 30.4 Å². The normalized spacial score (nSPS) is 13.7. The van der Waals surface area contributed by atoms with E-state index >= 15 is 0 Å². The fraction of sp³-hybridized carbons (Fsp3) is 0.742. The summed E-state index contributed by atoms with van der Waals surface area (Å²) in [7, 11) is 0. The van der Waals surface area contributed by atoms with Crippen molar-refractivity contribution in [3.05, 3.63) is 35.9 Å². The molecule has 0 heterocycles. The van der Waals surface area contributed by atoms with Gasteiger partial charge in [-0.25, -0.2) is 0 Å². The first-order valence-electron chi connectivity index (χ1n) is 14.5. The molecule has 206 valence electrons. The molecule has 0 aliphatic rings. The topological polar surface area (TPSA) is 61.8 Å². The van der Waals surface area contributed by atoms with Gasteiger partial charge >= 0.3 is 11.9 Å². The van der Waals surface area contributed by atoms with Crippen molar-refractivity contribution in [1.29, 1.82) is 0 Å². The standard InChI is InChI=1S/C31H52O5/c1-5-8-10-19-25-35-29(32)31(4,30(33)36-28(7-3)22-14-9-6-2)23-17-11-12-18-24-34-26-27-20-15-13-16-21-27/h13,15-16,20-21,28H,5-12,14,17-19,22-26H2,1-4H3. The van der Waals surface area contributed by atoms with E-state index in [9.17, 15) is 9.59 Å². The summed E-state index contributed by atoms with van der Waals surface area (Å²) in [6, 6.07) is 10.2. The highest BCUT2D eigenvalue weighted by atomic mass is 16.6. The molecule has 36 heavy (non-hydrogen) atoms. The van der Waals surface area contributed by atoms with Gasteiger partial charge in [-0.3, -0.25) is 9.59 Å². The largest absolute Gasteiger partial charge is 0.465 e. The van der Waals surface area contributed by atoms with Gasteiger partial charge in [0.25, 0.3) is 0 Å². The van der Waals surface area contributed by atoms with Gasteiger partial charge in [-0.1, -0.05) is 102 Å². The molecule has 0 spiro atoms. The minimum atomic E-state index is -1.24. The van der Waals surface area contributed by atoms with Gasteiger partial charge in [-0.05, 0) is 51.0 Å². The molecule has 1 aromatic rings. The Kier molecular flexibility index (Phi) is 18.0. The van der Waals surface area contributed by atoms with Crippen molar-refractivity contribution in [1.82, 2.24) is 0 Å². The zero-order chi connectivity index (χ0) is 26.5. The van der Waals surface area contributed by atoms with Crippen LogP contribution in [0.5, 0.6) is 0 Å². The lowest BCUT2D eigenvalue weighted by molar-refractivity contribution is -0.175. The molecular weight excluding hydrogens is 452 g/mol. The smallest absolute Gasteiger partial charge is 0.323 e. The molecule has 1 rings (SSSR count). The second-order valence-corrected chi connectivity index (χ2v) is 10.2. The summed E-state index contributed by atoms with van der Waals surface area (Å²) in [5.41, 5.74) is -0.0627. The first-order valence-corrected chi connectivity index (χ1v) is 14.5. The zero-order valence-electron chi connectivity index (χ0n) is 23.5. The Labute approximate surface area is 220 Å². The van der Waals surface area contributed by atoms with Gasteiger partial charge in [0.15, 0.2) is 5.41 Å². The molecule has 0 N–H and O–H groups in total. The highest BCUT2D eigenvalue weighted by Gasteiger charge is 2.44. The third kappa shape index (κ3) is 13.4. The van der Waals surface area contributed by atoms with Gasteiger partial charge in [-0.15, -0.1) is 0 Å². The number of benzene rings is 1. The predicted octanol–water partition coefficient (Wildman–Crippen LogP) is 8.19. The van der Waals surface area contributed by atoms with Gasteiger partial charge in [0.05, 0.1) is 13.2 Å². The molecule has 0 aromatic heterocycles. The van der Waals surface area contributed by atoms with Crippen LogP contribution in [0, 0.1) is 5.41 Å². The molecule has 0 saturated heterocycles. The van der Waals surface area contributed by atoms with Crippen molar-refractivity contribution < 1.29 is 23.8 Å². The van der Waals surface area contributed by atoms with Gasteiger partial charge in [0, 0.05) is 6.61 Å². The van der Waals surface area contributed by atoms with Crippen LogP contribution in [0.15, 0.2) is 30.3 Å². The zero-order valence-corrected chi connectivity index (χ0v) is 23.5. The van der Waals surface area contributed by atoms with Gasteiger partial charge < -0.3 is 14.2 Å². The Bertz CT molecular complexity index is 689. The number of carbonyl (C=O) groups excluding carboxylic acids is 2. The summed E-state index contributed by atoms with van der Waals surface area (Å²) in [4.78, 5) is 26.3. The second kappa shape index (κ2) is 20.2. The van der Waals surface area contributed by atoms with E-state index in [-0.39, 0.29) is 6.10 Å². The monoisotopic (exact) mass is 504 g/mol. The highest BCUT2D eigenvalue weighted by molar-refractivity contribution is 5.99. The van der Waals surface area contributed by atoms with Crippen LogP contribution in [0.2, 0.25) is 0 Å². The maximum Gasteiger partial charge on any atom is 0.323 e. The molecule has 0 aliphatic heterocycles. The lowest BCUT2D eigenvalue weighted by Gasteiger charge is -2.28. The summed E-state index contributed by atoms with van der Waals surface area (Å²) in [5, 5.41) is 0. The number of hydrogen-bond acceptors (Lipinski definition) is 5. The fourth-order valence-electron chi connectivity index (χ4n) is 4.19. The van der Waals surface area contributed by atoms with E-state index in [2.05, 4.69) is 26.0 Å². The van der Waals surface area contributed by atoms with Crippen molar-refractivity contribution in [2.24, 2.45) is 5.41 Å². The van der Waals surface area contributed by atoms with E-state index in [0.717, 1.165) is 83.5 Å². The van der Waals surface area contributed by atoms with Crippen LogP contribution < -0.4 is 0 Å². The summed E-state index contributed by atoms with van der Waals surface area (Å²) in [5.74, 6) is -0.853. The van der Waals surface area contributed by atoms with Crippen molar-refractivity contribution in [3.63, 3.8) is 0 Å². The SMILES string of the molecule is CCCCCCOC(=O)C(C)(CCCCCCOCc1ccccc1)C(=O)OC(CC)CCCCC. The van der Waals surface area contributed by atoms with E-state index in [1.807, 2.05) is 25.1 Å². The summed E-state index contributed by atoms with van der Waals surface area (Å²) in [6.07, 6.45) is 13.0. The van der Waals surface area contributed by atoms with Crippen LogP contribution in [0.1, 0.15) is 123 Å². The molecule has 1 aromatic carbocycles. The summed E-state index contributed by atoms with van der Waals surface area (Å²) < 4.78 is 17.2. The van der Waals surface area contributed by atoms with Gasteiger partial charge in [0.2, 0.25) is 0 Å². The minimum absolute atomic E-state index is 0.137. The van der Waals surface area contributed by atoms with E-state index in [1.165, 1.54) is 5.56 Å². The molecule has 0 radical (unpaired) electrons. The predicted molar refractivity (Wildman–Crippen MR) is 147 cm³/mol. The molecule has 5 heteroatoms. The number of ether oxygens (including phenoxy) is 3. The molecular formula is C31H52O5. The van der Waals surface area contributed by atoms with Gasteiger partial charge in [0.1, 0.15) is 6.10 Å². The average Bonchev–Trinajstić information content (AvgIpc) is 2.89. The Morgan fingerprint density at radius 2 is 1.42 bits per heavy atom. The highest BCUT2D eigenvalue weighted by Crippen LogP contribution is 2.30. The Balaban J connectivity index is 2.52. The second-order valence-electron chi connectivity index (χ2n) is 10.2. The van der Waals surface area contributed by atoms with Crippen LogP contribution in [-0.4, -0.2) is 31.3 Å². The van der Waals surface area contributed by atoms with Crippen molar-refractivity contribution >= 4 is 11.9 Å². The van der Waals surface area contributed by atoms with Crippen LogP contribution in [0.3, 0.4) is 0 Å². The van der Waals surface area contributed by atoms with Crippen molar-refractivity contribution in [3.8, 4) is 0 Å². The number of esters is 2. The average molecular weight is 505 g/mol. The van der Waals surface area contributed by atoms with Crippen molar-refractivity contribution in [2.45, 2.75) is 130 Å². The third-order valence-electron chi connectivity index (χ3n) is 6.82. The molecule has 0 aliphatic carbocycles.